The molecule has 0 saturated carbocycles. The van der Waals surface area contributed by atoms with Gasteiger partial charge in [0, 0.05) is 33.2 Å². The Hall–Kier alpha value is -1.63. The molecular weight excluding hydrogens is 256 g/mol. The van der Waals surface area contributed by atoms with E-state index in [4.69, 9.17) is 0 Å². The Bertz CT molecular complexity index is 408. The molecule has 0 aliphatic carbocycles. The summed E-state index contributed by atoms with van der Waals surface area (Å²) in [5.74, 6) is 1.80. The van der Waals surface area contributed by atoms with Crippen LogP contribution in [0.2, 0.25) is 0 Å². The van der Waals surface area contributed by atoms with Crippen LogP contribution in [0.5, 0.6) is 0 Å². The van der Waals surface area contributed by atoms with Gasteiger partial charge in [0.2, 0.25) is 17.8 Å². The fraction of sp³-hybridized carbons (Fsp3) is 0.769. The second kappa shape index (κ2) is 7.84. The number of aromatic nitrogens is 3. The number of rotatable bonds is 8. The van der Waals surface area contributed by atoms with E-state index in [0.29, 0.717) is 24.4 Å². The zero-order valence-corrected chi connectivity index (χ0v) is 13.1. The normalized spacial score (nSPS) is 12.1. The summed E-state index contributed by atoms with van der Waals surface area (Å²) in [7, 11) is 1.86. The number of likely N-dealkylation sites (N-methyl/N-ethyl adjacent to an activating group) is 1. The van der Waals surface area contributed by atoms with Gasteiger partial charge in [-0.3, -0.25) is 0 Å². The topological polar surface area (TPSA) is 77.4 Å². The fourth-order valence-corrected chi connectivity index (χ4v) is 1.89. The number of nitrogens with zero attached hydrogens (tertiary/aromatic N) is 5. The molecule has 0 saturated heterocycles. The van der Waals surface area contributed by atoms with Crippen molar-refractivity contribution < 1.29 is 5.11 Å². The summed E-state index contributed by atoms with van der Waals surface area (Å²) in [4.78, 5) is 17.2. The Morgan fingerprint density at radius 3 is 2.20 bits per heavy atom. The second-order valence-corrected chi connectivity index (χ2v) is 4.69. The second-order valence-electron chi connectivity index (χ2n) is 4.69. The van der Waals surface area contributed by atoms with Gasteiger partial charge in [0.15, 0.2) is 0 Å². The summed E-state index contributed by atoms with van der Waals surface area (Å²) in [6.45, 7) is 10.8. The molecule has 1 atom stereocenters. The molecule has 0 bridgehead atoms. The van der Waals surface area contributed by atoms with Crippen LogP contribution in [0.25, 0.3) is 0 Å². The summed E-state index contributed by atoms with van der Waals surface area (Å²) in [5, 5.41) is 12.6. The van der Waals surface area contributed by atoms with Gasteiger partial charge in [0.1, 0.15) is 0 Å². The van der Waals surface area contributed by atoms with Gasteiger partial charge in [0.25, 0.3) is 0 Å². The maximum atomic E-state index is 9.49. The average Bonchev–Trinajstić information content (AvgIpc) is 2.39. The van der Waals surface area contributed by atoms with Crippen molar-refractivity contribution in [2.75, 3.05) is 48.3 Å². The van der Waals surface area contributed by atoms with Gasteiger partial charge in [0.05, 0.1) is 6.10 Å². The maximum absolute atomic E-state index is 9.49. The first-order valence-electron chi connectivity index (χ1n) is 7.15. The van der Waals surface area contributed by atoms with E-state index in [1.165, 1.54) is 0 Å². The zero-order valence-electron chi connectivity index (χ0n) is 13.1. The van der Waals surface area contributed by atoms with Crippen LogP contribution in [0.15, 0.2) is 0 Å². The molecule has 0 aliphatic rings. The van der Waals surface area contributed by atoms with E-state index in [2.05, 4.69) is 39.0 Å². The molecule has 1 heterocycles. The minimum atomic E-state index is -0.434. The van der Waals surface area contributed by atoms with Crippen molar-refractivity contribution in [3.05, 3.63) is 0 Å². The number of aliphatic hydroxyl groups excluding tert-OH is 1. The molecular formula is C13H26N6O. The molecule has 0 aromatic carbocycles. The highest BCUT2D eigenvalue weighted by Crippen LogP contribution is 2.15. The molecule has 7 heteroatoms. The van der Waals surface area contributed by atoms with Crippen molar-refractivity contribution >= 4 is 17.8 Å². The fourth-order valence-electron chi connectivity index (χ4n) is 1.89. The maximum Gasteiger partial charge on any atom is 0.231 e. The van der Waals surface area contributed by atoms with Crippen LogP contribution in [0, 0.1) is 0 Å². The van der Waals surface area contributed by atoms with Gasteiger partial charge in [-0.2, -0.15) is 15.0 Å². The minimum absolute atomic E-state index is 0.434. The molecule has 0 amide bonds. The number of aliphatic hydroxyl groups is 1. The van der Waals surface area contributed by atoms with E-state index in [1.54, 1.807) is 6.92 Å². The summed E-state index contributed by atoms with van der Waals surface area (Å²) in [6.07, 6.45) is -0.434. The lowest BCUT2D eigenvalue weighted by Crippen LogP contribution is -2.31. The molecule has 20 heavy (non-hydrogen) atoms. The first kappa shape index (κ1) is 16.4. The Balaban J connectivity index is 3.09. The molecule has 0 aliphatic heterocycles. The van der Waals surface area contributed by atoms with E-state index in [1.807, 2.05) is 18.9 Å². The third-order valence-electron chi connectivity index (χ3n) is 2.87. The van der Waals surface area contributed by atoms with Gasteiger partial charge in [-0.15, -0.1) is 0 Å². The van der Waals surface area contributed by atoms with E-state index < -0.39 is 6.10 Å². The van der Waals surface area contributed by atoms with E-state index in [0.717, 1.165) is 19.6 Å². The Morgan fingerprint density at radius 1 is 1.10 bits per heavy atom. The van der Waals surface area contributed by atoms with Gasteiger partial charge in [-0.1, -0.05) is 0 Å². The number of hydrogen-bond acceptors (Lipinski definition) is 7. The lowest BCUT2D eigenvalue weighted by molar-refractivity contribution is 0.201. The predicted molar refractivity (Wildman–Crippen MR) is 82.5 cm³/mol. The molecule has 0 radical (unpaired) electrons. The summed E-state index contributed by atoms with van der Waals surface area (Å²) >= 11 is 0. The van der Waals surface area contributed by atoms with Crippen LogP contribution in [-0.2, 0) is 0 Å². The highest BCUT2D eigenvalue weighted by atomic mass is 16.3. The van der Waals surface area contributed by atoms with Gasteiger partial charge >= 0.3 is 0 Å². The largest absolute Gasteiger partial charge is 0.392 e. The molecule has 1 aromatic rings. The number of nitrogens with one attached hydrogen (secondary N) is 1. The van der Waals surface area contributed by atoms with Crippen molar-refractivity contribution in [2.45, 2.75) is 33.8 Å². The Labute approximate surface area is 121 Å². The monoisotopic (exact) mass is 282 g/mol. The highest BCUT2D eigenvalue weighted by Gasteiger charge is 2.14. The SMILES string of the molecule is CCNc1nc(N(C)CC(C)O)nc(N(CC)CC)n1. The van der Waals surface area contributed by atoms with Crippen molar-refractivity contribution in [3.63, 3.8) is 0 Å². The summed E-state index contributed by atoms with van der Waals surface area (Å²) in [5.41, 5.74) is 0. The molecule has 1 rings (SSSR count). The quantitative estimate of drug-likeness (QED) is 0.735. The van der Waals surface area contributed by atoms with Crippen LogP contribution >= 0.6 is 0 Å². The predicted octanol–water partition coefficient (Wildman–Crippen LogP) is 0.967. The first-order chi connectivity index (χ1) is 9.51. The lowest BCUT2D eigenvalue weighted by Gasteiger charge is -2.23. The molecule has 114 valence electrons. The Kier molecular flexibility index (Phi) is 6.44. The molecule has 1 aromatic heterocycles. The summed E-state index contributed by atoms with van der Waals surface area (Å²) < 4.78 is 0. The highest BCUT2D eigenvalue weighted by molar-refractivity contribution is 5.44. The van der Waals surface area contributed by atoms with Crippen LogP contribution in [0.3, 0.4) is 0 Å². The standard InChI is InChI=1S/C13H26N6O/c1-6-14-11-15-12(18(5)9-10(4)20)17-13(16-11)19(7-2)8-3/h10,20H,6-9H2,1-5H3,(H,14,15,16,17). The summed E-state index contributed by atoms with van der Waals surface area (Å²) in [6, 6.07) is 0. The van der Waals surface area contributed by atoms with Crippen LogP contribution < -0.4 is 15.1 Å². The first-order valence-corrected chi connectivity index (χ1v) is 7.15. The molecule has 2 N–H and O–H groups in total. The van der Waals surface area contributed by atoms with E-state index in [9.17, 15) is 5.11 Å². The molecule has 1 unspecified atom stereocenters. The minimum Gasteiger partial charge on any atom is -0.392 e. The molecule has 0 fully saturated rings. The van der Waals surface area contributed by atoms with Gasteiger partial charge in [-0.25, -0.2) is 0 Å². The van der Waals surface area contributed by atoms with E-state index in [-0.39, 0.29) is 0 Å². The van der Waals surface area contributed by atoms with Crippen LogP contribution in [0.4, 0.5) is 17.8 Å². The third-order valence-corrected chi connectivity index (χ3v) is 2.87. The molecule has 7 nitrogen and oxygen atoms in total. The van der Waals surface area contributed by atoms with Crippen molar-refractivity contribution in [2.24, 2.45) is 0 Å². The van der Waals surface area contributed by atoms with Crippen LogP contribution in [-0.4, -0.2) is 59.4 Å². The van der Waals surface area contributed by atoms with Crippen molar-refractivity contribution in [1.29, 1.82) is 0 Å². The number of anilines is 3. The van der Waals surface area contributed by atoms with Crippen molar-refractivity contribution in [3.8, 4) is 0 Å². The van der Waals surface area contributed by atoms with Crippen molar-refractivity contribution in [1.82, 2.24) is 15.0 Å². The molecule has 0 spiro atoms. The van der Waals surface area contributed by atoms with E-state index >= 15 is 0 Å². The smallest absolute Gasteiger partial charge is 0.231 e. The average molecular weight is 282 g/mol. The lowest BCUT2D eigenvalue weighted by atomic mass is 10.4. The zero-order chi connectivity index (χ0) is 15.1. The van der Waals surface area contributed by atoms with Crippen LogP contribution in [0.1, 0.15) is 27.7 Å². The Morgan fingerprint density at radius 2 is 1.70 bits per heavy atom. The third kappa shape index (κ3) is 4.48. The number of hydrogen-bond donors (Lipinski definition) is 2. The van der Waals surface area contributed by atoms with Gasteiger partial charge in [-0.05, 0) is 27.7 Å². The van der Waals surface area contributed by atoms with Gasteiger partial charge < -0.3 is 20.2 Å².